The standard InChI is InChI=1S/C14H10Cl2N2OS/c15-10-5-9(6-11(16)7-10)13-2-1-12(19-13)8-18-14-17-3-4-20-14/h1-7H,8H2,(H,17,18). The molecule has 0 aliphatic carbocycles. The van der Waals surface area contributed by atoms with Crippen LogP contribution in [0.25, 0.3) is 11.3 Å². The zero-order valence-electron chi connectivity index (χ0n) is 10.3. The second-order valence-electron chi connectivity index (χ2n) is 4.11. The molecule has 2 aromatic heterocycles. The van der Waals surface area contributed by atoms with Crippen LogP contribution in [-0.2, 0) is 6.54 Å². The van der Waals surface area contributed by atoms with Gasteiger partial charge in [-0.25, -0.2) is 4.98 Å². The molecule has 6 heteroatoms. The lowest BCUT2D eigenvalue weighted by Crippen LogP contribution is -1.96. The first-order chi connectivity index (χ1) is 9.70. The van der Waals surface area contributed by atoms with E-state index >= 15 is 0 Å². The highest BCUT2D eigenvalue weighted by Crippen LogP contribution is 2.28. The summed E-state index contributed by atoms with van der Waals surface area (Å²) in [6.07, 6.45) is 1.76. The maximum absolute atomic E-state index is 5.99. The van der Waals surface area contributed by atoms with Crippen molar-refractivity contribution < 1.29 is 4.42 Å². The minimum Gasteiger partial charge on any atom is -0.459 e. The van der Waals surface area contributed by atoms with Gasteiger partial charge in [0.15, 0.2) is 5.13 Å². The summed E-state index contributed by atoms with van der Waals surface area (Å²) in [4.78, 5) is 4.15. The lowest BCUT2D eigenvalue weighted by Gasteiger charge is -2.01. The van der Waals surface area contributed by atoms with E-state index < -0.39 is 0 Å². The number of thiazole rings is 1. The number of hydrogen-bond donors (Lipinski definition) is 1. The van der Waals surface area contributed by atoms with Crippen molar-refractivity contribution in [2.75, 3.05) is 5.32 Å². The highest BCUT2D eigenvalue weighted by molar-refractivity contribution is 7.13. The second kappa shape index (κ2) is 5.87. The Bertz CT molecular complexity index is 690. The molecule has 0 aliphatic rings. The van der Waals surface area contributed by atoms with Gasteiger partial charge in [0.05, 0.1) is 6.54 Å². The average Bonchev–Trinajstić information content (AvgIpc) is 3.07. The Kier molecular flexibility index (Phi) is 3.96. The monoisotopic (exact) mass is 324 g/mol. The van der Waals surface area contributed by atoms with E-state index in [2.05, 4.69) is 10.3 Å². The summed E-state index contributed by atoms with van der Waals surface area (Å²) in [5.74, 6) is 1.57. The molecular formula is C14H10Cl2N2OS. The molecule has 0 bridgehead atoms. The first-order valence-electron chi connectivity index (χ1n) is 5.89. The SMILES string of the molecule is Clc1cc(Cl)cc(-c2ccc(CNc3nccs3)o2)c1. The molecule has 0 aliphatic heterocycles. The molecular weight excluding hydrogens is 315 g/mol. The highest BCUT2D eigenvalue weighted by Gasteiger charge is 2.07. The molecule has 3 rings (SSSR count). The molecule has 0 saturated heterocycles. The molecule has 0 saturated carbocycles. The van der Waals surface area contributed by atoms with Crippen LogP contribution in [-0.4, -0.2) is 4.98 Å². The van der Waals surface area contributed by atoms with Gasteiger partial charge in [0, 0.05) is 27.2 Å². The van der Waals surface area contributed by atoms with Crippen molar-refractivity contribution in [3.8, 4) is 11.3 Å². The van der Waals surface area contributed by atoms with Gasteiger partial charge in [0.2, 0.25) is 0 Å². The summed E-state index contributed by atoms with van der Waals surface area (Å²) in [5, 5.41) is 7.16. The van der Waals surface area contributed by atoms with E-state index in [-0.39, 0.29) is 0 Å². The number of nitrogens with one attached hydrogen (secondary N) is 1. The number of nitrogens with zero attached hydrogens (tertiary/aromatic N) is 1. The number of aromatic nitrogens is 1. The van der Waals surface area contributed by atoms with Crippen LogP contribution in [0.3, 0.4) is 0 Å². The smallest absolute Gasteiger partial charge is 0.182 e. The zero-order valence-corrected chi connectivity index (χ0v) is 12.6. The Morgan fingerprint density at radius 3 is 2.65 bits per heavy atom. The first-order valence-corrected chi connectivity index (χ1v) is 7.53. The topological polar surface area (TPSA) is 38.1 Å². The number of halogens is 2. The molecule has 102 valence electrons. The summed E-state index contributed by atoms with van der Waals surface area (Å²) < 4.78 is 5.78. The Balaban J connectivity index is 1.76. The highest BCUT2D eigenvalue weighted by atomic mass is 35.5. The maximum atomic E-state index is 5.99. The third-order valence-corrected chi connectivity index (χ3v) is 3.82. The molecule has 20 heavy (non-hydrogen) atoms. The number of rotatable bonds is 4. The fourth-order valence-corrected chi connectivity index (χ4v) is 2.85. The fraction of sp³-hybridized carbons (Fsp3) is 0.0714. The van der Waals surface area contributed by atoms with Crippen molar-refractivity contribution in [1.82, 2.24) is 4.98 Å². The maximum Gasteiger partial charge on any atom is 0.182 e. The van der Waals surface area contributed by atoms with Gasteiger partial charge in [0.1, 0.15) is 11.5 Å². The van der Waals surface area contributed by atoms with Crippen LogP contribution < -0.4 is 5.32 Å². The molecule has 1 aromatic carbocycles. The van der Waals surface area contributed by atoms with Gasteiger partial charge in [-0.05, 0) is 30.3 Å². The van der Waals surface area contributed by atoms with Crippen molar-refractivity contribution in [3.05, 3.63) is 57.7 Å². The van der Waals surface area contributed by atoms with Crippen LogP contribution in [0.4, 0.5) is 5.13 Å². The van der Waals surface area contributed by atoms with E-state index in [4.69, 9.17) is 27.6 Å². The second-order valence-corrected chi connectivity index (χ2v) is 5.88. The van der Waals surface area contributed by atoms with E-state index in [1.54, 1.807) is 23.6 Å². The molecule has 0 spiro atoms. The van der Waals surface area contributed by atoms with E-state index in [0.29, 0.717) is 16.6 Å². The molecule has 3 nitrogen and oxygen atoms in total. The van der Waals surface area contributed by atoms with E-state index in [1.165, 1.54) is 0 Å². The van der Waals surface area contributed by atoms with Crippen molar-refractivity contribution in [3.63, 3.8) is 0 Å². The average molecular weight is 325 g/mol. The molecule has 0 atom stereocenters. The predicted molar refractivity (Wildman–Crippen MR) is 83.6 cm³/mol. The van der Waals surface area contributed by atoms with Crippen molar-refractivity contribution in [2.24, 2.45) is 0 Å². The van der Waals surface area contributed by atoms with Gasteiger partial charge in [0.25, 0.3) is 0 Å². The van der Waals surface area contributed by atoms with Crippen LogP contribution in [0.5, 0.6) is 0 Å². The lowest BCUT2D eigenvalue weighted by molar-refractivity contribution is 0.531. The van der Waals surface area contributed by atoms with Crippen LogP contribution in [0.15, 0.2) is 46.3 Å². The number of hydrogen-bond acceptors (Lipinski definition) is 4. The summed E-state index contributed by atoms with van der Waals surface area (Å²) in [7, 11) is 0. The van der Waals surface area contributed by atoms with E-state index in [9.17, 15) is 0 Å². The molecule has 0 radical (unpaired) electrons. The number of anilines is 1. The van der Waals surface area contributed by atoms with Gasteiger partial charge in [-0.3, -0.25) is 0 Å². The largest absolute Gasteiger partial charge is 0.459 e. The predicted octanol–water partition coefficient (Wildman–Crippen LogP) is 5.32. The van der Waals surface area contributed by atoms with Gasteiger partial charge in [-0.1, -0.05) is 23.2 Å². The summed E-state index contributed by atoms with van der Waals surface area (Å²) in [5.41, 5.74) is 0.864. The quantitative estimate of drug-likeness (QED) is 0.705. The Morgan fingerprint density at radius 2 is 1.95 bits per heavy atom. The zero-order chi connectivity index (χ0) is 13.9. The Morgan fingerprint density at radius 1 is 1.15 bits per heavy atom. The molecule has 2 heterocycles. The number of benzene rings is 1. The summed E-state index contributed by atoms with van der Waals surface area (Å²) in [6.45, 7) is 0.585. The van der Waals surface area contributed by atoms with Gasteiger partial charge in [-0.2, -0.15) is 0 Å². The Hall–Kier alpha value is -1.49. The molecule has 0 unspecified atom stereocenters. The summed E-state index contributed by atoms with van der Waals surface area (Å²) in [6, 6.07) is 9.17. The van der Waals surface area contributed by atoms with Crippen molar-refractivity contribution in [2.45, 2.75) is 6.54 Å². The van der Waals surface area contributed by atoms with Gasteiger partial charge < -0.3 is 9.73 Å². The van der Waals surface area contributed by atoms with E-state index in [1.807, 2.05) is 29.6 Å². The van der Waals surface area contributed by atoms with Crippen molar-refractivity contribution >= 4 is 39.7 Å². The van der Waals surface area contributed by atoms with Crippen LogP contribution >= 0.6 is 34.5 Å². The fourth-order valence-electron chi connectivity index (χ4n) is 1.80. The third-order valence-electron chi connectivity index (χ3n) is 2.65. The number of furan rings is 1. The normalized spacial score (nSPS) is 10.7. The molecule has 0 amide bonds. The molecule has 3 aromatic rings. The minimum atomic E-state index is 0.585. The first kappa shape index (κ1) is 13.5. The summed E-state index contributed by atoms with van der Waals surface area (Å²) >= 11 is 13.5. The van der Waals surface area contributed by atoms with Crippen LogP contribution in [0.1, 0.15) is 5.76 Å². The van der Waals surface area contributed by atoms with Crippen LogP contribution in [0, 0.1) is 0 Å². The van der Waals surface area contributed by atoms with Crippen molar-refractivity contribution in [1.29, 1.82) is 0 Å². The minimum absolute atomic E-state index is 0.585. The van der Waals surface area contributed by atoms with Gasteiger partial charge in [-0.15, -0.1) is 11.3 Å². The lowest BCUT2D eigenvalue weighted by atomic mass is 10.2. The van der Waals surface area contributed by atoms with Gasteiger partial charge >= 0.3 is 0 Å². The molecule has 0 fully saturated rings. The molecule has 1 N–H and O–H groups in total. The van der Waals surface area contributed by atoms with E-state index in [0.717, 1.165) is 22.2 Å². The third kappa shape index (κ3) is 3.15. The van der Waals surface area contributed by atoms with Crippen LogP contribution in [0.2, 0.25) is 10.0 Å². The Labute approximate surface area is 130 Å².